The van der Waals surface area contributed by atoms with Crippen LogP contribution < -0.4 is 0 Å². The Morgan fingerprint density at radius 2 is 1.90 bits per heavy atom. The Morgan fingerprint density at radius 3 is 2.43 bits per heavy atom. The molecule has 3 rings (SSSR count). The SMILES string of the molecule is CC1CCC(CN(C)CC2CC3CCC2C3)(C(=O)O)CC1. The van der Waals surface area contributed by atoms with Gasteiger partial charge in [0, 0.05) is 13.1 Å². The standard InChI is InChI=1S/C18H31NO2/c1-13-5-7-18(8-6-13,17(20)21)12-19(2)11-16-10-14-3-4-15(16)9-14/h13-16H,3-12H2,1-2H3,(H,20,21). The van der Waals surface area contributed by atoms with Crippen LogP contribution in [0.3, 0.4) is 0 Å². The lowest BCUT2D eigenvalue weighted by molar-refractivity contribution is -0.153. The third-order valence-corrected chi connectivity index (χ3v) is 6.69. The maximum atomic E-state index is 11.9. The molecule has 3 aliphatic rings. The molecule has 3 fully saturated rings. The first-order chi connectivity index (χ1) is 9.98. The van der Waals surface area contributed by atoms with E-state index in [1.807, 2.05) is 0 Å². The second-order valence-corrected chi connectivity index (χ2v) is 8.40. The van der Waals surface area contributed by atoms with E-state index < -0.39 is 11.4 Å². The topological polar surface area (TPSA) is 40.5 Å². The van der Waals surface area contributed by atoms with Crippen molar-refractivity contribution in [2.75, 3.05) is 20.1 Å². The van der Waals surface area contributed by atoms with Crippen molar-refractivity contribution in [2.45, 2.75) is 58.3 Å². The van der Waals surface area contributed by atoms with Gasteiger partial charge in [0.1, 0.15) is 0 Å². The number of nitrogens with zero attached hydrogens (tertiary/aromatic N) is 1. The Bertz CT molecular complexity index is 387. The molecule has 0 aliphatic heterocycles. The van der Waals surface area contributed by atoms with E-state index in [1.165, 1.54) is 25.7 Å². The molecule has 21 heavy (non-hydrogen) atoms. The monoisotopic (exact) mass is 293 g/mol. The number of rotatable bonds is 5. The van der Waals surface area contributed by atoms with Gasteiger partial charge in [-0.2, -0.15) is 0 Å². The van der Waals surface area contributed by atoms with Crippen molar-refractivity contribution in [3.8, 4) is 0 Å². The number of fused-ring (bicyclic) bond motifs is 2. The molecule has 0 amide bonds. The molecule has 3 atom stereocenters. The molecule has 2 bridgehead atoms. The van der Waals surface area contributed by atoms with Gasteiger partial charge in [0.05, 0.1) is 5.41 Å². The van der Waals surface area contributed by atoms with Crippen molar-refractivity contribution < 1.29 is 9.90 Å². The number of carboxylic acid groups (broad SMARTS) is 1. The first-order valence-corrected chi connectivity index (χ1v) is 8.90. The molecule has 0 saturated heterocycles. The summed E-state index contributed by atoms with van der Waals surface area (Å²) >= 11 is 0. The molecule has 120 valence electrons. The molecule has 3 saturated carbocycles. The van der Waals surface area contributed by atoms with Crippen molar-refractivity contribution >= 4 is 5.97 Å². The predicted molar refractivity (Wildman–Crippen MR) is 84.1 cm³/mol. The van der Waals surface area contributed by atoms with Crippen LogP contribution in [0.2, 0.25) is 0 Å². The number of carbonyl (C=O) groups is 1. The molecule has 0 aromatic rings. The van der Waals surface area contributed by atoms with Crippen LogP contribution in [0.25, 0.3) is 0 Å². The Balaban J connectivity index is 1.57. The Morgan fingerprint density at radius 1 is 1.19 bits per heavy atom. The van der Waals surface area contributed by atoms with E-state index in [-0.39, 0.29) is 0 Å². The molecule has 3 aliphatic carbocycles. The molecule has 3 heteroatoms. The summed E-state index contributed by atoms with van der Waals surface area (Å²) in [6, 6.07) is 0. The highest BCUT2D eigenvalue weighted by Crippen LogP contribution is 2.48. The minimum atomic E-state index is -0.561. The van der Waals surface area contributed by atoms with E-state index in [9.17, 15) is 9.90 Å². The quantitative estimate of drug-likeness (QED) is 0.841. The second kappa shape index (κ2) is 5.91. The maximum absolute atomic E-state index is 11.9. The normalized spacial score (nSPS) is 42.6. The number of hydrogen-bond donors (Lipinski definition) is 1. The van der Waals surface area contributed by atoms with Crippen molar-refractivity contribution in [1.82, 2.24) is 4.90 Å². The second-order valence-electron chi connectivity index (χ2n) is 8.40. The molecule has 0 heterocycles. The zero-order valence-corrected chi connectivity index (χ0v) is 13.7. The van der Waals surface area contributed by atoms with Crippen LogP contribution in [0, 0.1) is 29.1 Å². The summed E-state index contributed by atoms with van der Waals surface area (Å²) in [5, 5.41) is 9.76. The Labute approximate surface area is 129 Å². The first kappa shape index (κ1) is 15.3. The lowest BCUT2D eigenvalue weighted by atomic mass is 9.70. The minimum Gasteiger partial charge on any atom is -0.481 e. The average Bonchev–Trinajstić information content (AvgIpc) is 3.03. The van der Waals surface area contributed by atoms with Crippen LogP contribution in [0.1, 0.15) is 58.3 Å². The molecule has 1 N–H and O–H groups in total. The fourth-order valence-electron chi connectivity index (χ4n) is 5.34. The Kier molecular flexibility index (Phi) is 4.31. The van der Waals surface area contributed by atoms with E-state index in [2.05, 4.69) is 18.9 Å². The van der Waals surface area contributed by atoms with E-state index in [4.69, 9.17) is 0 Å². The van der Waals surface area contributed by atoms with Crippen molar-refractivity contribution in [1.29, 1.82) is 0 Å². The molecule has 3 nitrogen and oxygen atoms in total. The largest absolute Gasteiger partial charge is 0.481 e. The Hall–Kier alpha value is -0.570. The minimum absolute atomic E-state index is 0.473. The van der Waals surface area contributed by atoms with E-state index in [1.54, 1.807) is 0 Å². The lowest BCUT2D eigenvalue weighted by Gasteiger charge is -2.39. The zero-order chi connectivity index (χ0) is 15.0. The van der Waals surface area contributed by atoms with Crippen LogP contribution in [-0.2, 0) is 4.79 Å². The summed E-state index contributed by atoms with van der Waals surface area (Å²) in [6.45, 7) is 4.12. The van der Waals surface area contributed by atoms with Crippen molar-refractivity contribution in [3.05, 3.63) is 0 Å². The van der Waals surface area contributed by atoms with Crippen LogP contribution in [0.5, 0.6) is 0 Å². The maximum Gasteiger partial charge on any atom is 0.310 e. The summed E-state index contributed by atoms with van der Waals surface area (Å²) in [7, 11) is 2.15. The molecule has 3 unspecified atom stereocenters. The molecule has 0 spiro atoms. The fourth-order valence-corrected chi connectivity index (χ4v) is 5.34. The molecule has 0 aromatic carbocycles. The third kappa shape index (κ3) is 3.13. The van der Waals surface area contributed by atoms with Gasteiger partial charge in [0.25, 0.3) is 0 Å². The highest BCUT2D eigenvalue weighted by Gasteiger charge is 2.44. The highest BCUT2D eigenvalue weighted by atomic mass is 16.4. The molecular weight excluding hydrogens is 262 g/mol. The van der Waals surface area contributed by atoms with Gasteiger partial charge in [-0.1, -0.05) is 13.3 Å². The van der Waals surface area contributed by atoms with E-state index >= 15 is 0 Å². The smallest absolute Gasteiger partial charge is 0.310 e. The highest BCUT2D eigenvalue weighted by molar-refractivity contribution is 5.75. The van der Waals surface area contributed by atoms with Crippen molar-refractivity contribution in [2.24, 2.45) is 29.1 Å². The fraction of sp³-hybridized carbons (Fsp3) is 0.944. The molecular formula is C18H31NO2. The first-order valence-electron chi connectivity index (χ1n) is 8.90. The van der Waals surface area contributed by atoms with Gasteiger partial charge >= 0.3 is 5.97 Å². The van der Waals surface area contributed by atoms with Gasteiger partial charge in [-0.3, -0.25) is 4.79 Å². The van der Waals surface area contributed by atoms with Crippen LogP contribution >= 0.6 is 0 Å². The van der Waals surface area contributed by atoms with Crippen LogP contribution in [0.15, 0.2) is 0 Å². The van der Waals surface area contributed by atoms with E-state index in [0.29, 0.717) is 5.92 Å². The number of aliphatic carboxylic acids is 1. The lowest BCUT2D eigenvalue weighted by Crippen LogP contribution is -2.45. The summed E-state index contributed by atoms with van der Waals surface area (Å²) in [5.41, 5.74) is -0.473. The van der Waals surface area contributed by atoms with Gasteiger partial charge in [0.2, 0.25) is 0 Å². The van der Waals surface area contributed by atoms with Gasteiger partial charge in [-0.05, 0) is 75.7 Å². The average molecular weight is 293 g/mol. The number of carboxylic acids is 1. The van der Waals surface area contributed by atoms with Gasteiger partial charge in [0.15, 0.2) is 0 Å². The van der Waals surface area contributed by atoms with Gasteiger partial charge < -0.3 is 10.0 Å². The summed E-state index contributed by atoms with van der Waals surface area (Å²) in [6.07, 6.45) is 9.59. The summed E-state index contributed by atoms with van der Waals surface area (Å²) < 4.78 is 0. The predicted octanol–water partition coefficient (Wildman–Crippen LogP) is 3.64. The summed E-state index contributed by atoms with van der Waals surface area (Å²) in [5.74, 6) is 2.90. The van der Waals surface area contributed by atoms with Gasteiger partial charge in [-0.15, -0.1) is 0 Å². The molecule has 0 radical (unpaired) electrons. The van der Waals surface area contributed by atoms with E-state index in [0.717, 1.165) is 56.5 Å². The van der Waals surface area contributed by atoms with Crippen LogP contribution in [-0.4, -0.2) is 36.1 Å². The number of hydrogen-bond acceptors (Lipinski definition) is 2. The van der Waals surface area contributed by atoms with Crippen molar-refractivity contribution in [3.63, 3.8) is 0 Å². The van der Waals surface area contributed by atoms with Gasteiger partial charge in [-0.25, -0.2) is 0 Å². The van der Waals surface area contributed by atoms with Crippen LogP contribution in [0.4, 0.5) is 0 Å². The summed E-state index contributed by atoms with van der Waals surface area (Å²) in [4.78, 5) is 14.2. The molecule has 0 aromatic heterocycles. The zero-order valence-electron chi connectivity index (χ0n) is 13.7. The third-order valence-electron chi connectivity index (χ3n) is 6.69.